The van der Waals surface area contributed by atoms with Crippen LogP contribution < -0.4 is 0 Å². The molecule has 1 aromatic carbocycles. The Morgan fingerprint density at radius 3 is 2.69 bits per heavy atom. The first-order valence-corrected chi connectivity index (χ1v) is 11.2. The maximum absolute atomic E-state index is 13.3. The van der Waals surface area contributed by atoms with Gasteiger partial charge in [0, 0.05) is 17.1 Å². The summed E-state index contributed by atoms with van der Waals surface area (Å²) < 4.78 is 1.86. The topological polar surface area (TPSA) is 88.3 Å². The van der Waals surface area contributed by atoms with Gasteiger partial charge in [-0.3, -0.25) is 9.48 Å². The van der Waals surface area contributed by atoms with Crippen molar-refractivity contribution in [1.29, 1.82) is 0 Å². The Labute approximate surface area is 191 Å². The summed E-state index contributed by atoms with van der Waals surface area (Å²) in [6.45, 7) is 2.93. The molecule has 0 aliphatic carbocycles. The van der Waals surface area contributed by atoms with Crippen LogP contribution in [0.5, 0.6) is 0 Å². The van der Waals surface area contributed by atoms with Gasteiger partial charge in [0.2, 0.25) is 0 Å². The molecule has 3 aromatic rings. The van der Waals surface area contributed by atoms with Gasteiger partial charge in [-0.2, -0.15) is 5.10 Å². The highest BCUT2D eigenvalue weighted by atomic mass is 35.5. The molecule has 1 aliphatic rings. The molecule has 0 spiro atoms. The van der Waals surface area contributed by atoms with Gasteiger partial charge in [0.25, 0.3) is 5.91 Å². The van der Waals surface area contributed by atoms with Crippen LogP contribution in [0.1, 0.15) is 65.3 Å². The zero-order valence-corrected chi connectivity index (χ0v) is 18.6. The van der Waals surface area contributed by atoms with E-state index in [2.05, 4.69) is 11.9 Å². The van der Waals surface area contributed by atoms with Gasteiger partial charge in [0.15, 0.2) is 0 Å². The standard InChI is InChI=1S/C24H25ClN4O3/c1-2-3-4-7-19-15-28(14-18-6-5-8-20(26-18)24(31)32)23(30)22-13-21(27-29(19)22)16-9-11-17(25)12-10-16/h5-6,8-13,19H,2-4,7,14-15H2,1H3,(H,31,32). The van der Waals surface area contributed by atoms with Gasteiger partial charge in [-0.15, -0.1) is 0 Å². The minimum Gasteiger partial charge on any atom is -0.477 e. The second-order valence-electron chi connectivity index (χ2n) is 8.02. The van der Waals surface area contributed by atoms with E-state index in [1.54, 1.807) is 17.0 Å². The van der Waals surface area contributed by atoms with Crippen molar-refractivity contribution < 1.29 is 14.7 Å². The average molecular weight is 453 g/mol. The number of halogens is 1. The fourth-order valence-electron chi connectivity index (χ4n) is 4.03. The predicted octanol–water partition coefficient (Wildman–Crippen LogP) is 5.07. The number of rotatable bonds is 8. The Bertz CT molecular complexity index is 1130. The molecule has 1 amide bonds. The van der Waals surface area contributed by atoms with E-state index in [4.69, 9.17) is 16.7 Å². The van der Waals surface area contributed by atoms with Gasteiger partial charge in [-0.05, 0) is 36.8 Å². The Kier molecular flexibility index (Phi) is 6.55. The van der Waals surface area contributed by atoms with Crippen LogP contribution >= 0.6 is 11.6 Å². The van der Waals surface area contributed by atoms with Crippen molar-refractivity contribution in [3.8, 4) is 11.3 Å². The molecular weight excluding hydrogens is 428 g/mol. The van der Waals surface area contributed by atoms with Gasteiger partial charge in [0.05, 0.1) is 24.0 Å². The average Bonchev–Trinajstić information content (AvgIpc) is 3.23. The molecule has 1 aliphatic heterocycles. The quantitative estimate of drug-likeness (QED) is 0.482. The molecule has 3 heterocycles. The van der Waals surface area contributed by atoms with Crippen molar-refractivity contribution in [2.75, 3.05) is 6.54 Å². The number of carbonyl (C=O) groups excluding carboxylic acids is 1. The van der Waals surface area contributed by atoms with Crippen LogP contribution in [0.25, 0.3) is 11.3 Å². The van der Waals surface area contributed by atoms with E-state index in [-0.39, 0.29) is 24.2 Å². The molecule has 0 saturated carbocycles. The summed E-state index contributed by atoms with van der Waals surface area (Å²) in [7, 11) is 0. The van der Waals surface area contributed by atoms with E-state index in [0.717, 1.165) is 36.9 Å². The van der Waals surface area contributed by atoms with Gasteiger partial charge in [-0.25, -0.2) is 9.78 Å². The fraction of sp³-hybridized carbons (Fsp3) is 0.333. The number of carbonyl (C=O) groups is 2. The highest BCUT2D eigenvalue weighted by molar-refractivity contribution is 6.30. The highest BCUT2D eigenvalue weighted by Crippen LogP contribution is 2.30. The fourth-order valence-corrected chi connectivity index (χ4v) is 4.16. The molecule has 32 heavy (non-hydrogen) atoms. The third kappa shape index (κ3) is 4.67. The highest BCUT2D eigenvalue weighted by Gasteiger charge is 2.33. The summed E-state index contributed by atoms with van der Waals surface area (Å²) >= 11 is 6.02. The number of carboxylic acid groups (broad SMARTS) is 1. The molecule has 4 rings (SSSR count). The SMILES string of the molecule is CCCCCC1CN(Cc2cccc(C(=O)O)n2)C(=O)c2cc(-c3ccc(Cl)cc3)nn21. The third-order valence-corrected chi connectivity index (χ3v) is 5.93. The number of nitrogens with zero attached hydrogens (tertiary/aromatic N) is 4. The van der Waals surface area contributed by atoms with Gasteiger partial charge < -0.3 is 10.0 Å². The van der Waals surface area contributed by atoms with Crippen LogP contribution in [-0.4, -0.2) is 43.2 Å². The zero-order chi connectivity index (χ0) is 22.7. The molecule has 0 bridgehead atoms. The minimum absolute atomic E-state index is 0.0264. The van der Waals surface area contributed by atoms with E-state index in [9.17, 15) is 14.7 Å². The van der Waals surface area contributed by atoms with Crippen LogP contribution in [0.4, 0.5) is 0 Å². The summed E-state index contributed by atoms with van der Waals surface area (Å²) in [6.07, 6.45) is 4.19. The number of amides is 1. The number of aromatic nitrogens is 3. The van der Waals surface area contributed by atoms with Crippen LogP contribution in [0.15, 0.2) is 48.5 Å². The molecule has 1 unspecified atom stereocenters. The van der Waals surface area contributed by atoms with Gasteiger partial charge in [0.1, 0.15) is 11.4 Å². The van der Waals surface area contributed by atoms with Crippen molar-refractivity contribution in [2.24, 2.45) is 0 Å². The lowest BCUT2D eigenvalue weighted by atomic mass is 10.0. The van der Waals surface area contributed by atoms with Crippen LogP contribution in [0.2, 0.25) is 5.02 Å². The number of carboxylic acids is 1. The number of aromatic carboxylic acids is 1. The number of unbranched alkanes of at least 4 members (excludes halogenated alkanes) is 2. The third-order valence-electron chi connectivity index (χ3n) is 5.68. The molecule has 0 fully saturated rings. The molecule has 2 aromatic heterocycles. The molecule has 0 saturated heterocycles. The lowest BCUT2D eigenvalue weighted by molar-refractivity contribution is 0.0632. The molecule has 1 N–H and O–H groups in total. The smallest absolute Gasteiger partial charge is 0.354 e. The Morgan fingerprint density at radius 2 is 1.97 bits per heavy atom. The van der Waals surface area contributed by atoms with Crippen molar-refractivity contribution in [3.63, 3.8) is 0 Å². The molecule has 7 nitrogen and oxygen atoms in total. The Morgan fingerprint density at radius 1 is 1.19 bits per heavy atom. The Hall–Kier alpha value is -3.19. The number of fused-ring (bicyclic) bond motifs is 1. The first-order chi connectivity index (χ1) is 15.5. The summed E-state index contributed by atoms with van der Waals surface area (Å²) in [5, 5.41) is 14.6. The Balaban J connectivity index is 1.64. The van der Waals surface area contributed by atoms with Crippen LogP contribution in [0, 0.1) is 0 Å². The van der Waals surface area contributed by atoms with Crippen molar-refractivity contribution in [3.05, 3.63) is 70.6 Å². The van der Waals surface area contributed by atoms with Crippen molar-refractivity contribution in [1.82, 2.24) is 19.7 Å². The first-order valence-electron chi connectivity index (χ1n) is 10.8. The molecule has 0 radical (unpaired) electrons. The number of benzene rings is 1. The lowest BCUT2D eigenvalue weighted by Crippen LogP contribution is -2.43. The molecule has 1 atom stereocenters. The van der Waals surface area contributed by atoms with Crippen LogP contribution in [-0.2, 0) is 6.54 Å². The van der Waals surface area contributed by atoms with E-state index in [0.29, 0.717) is 23.0 Å². The van der Waals surface area contributed by atoms with E-state index < -0.39 is 5.97 Å². The molecular formula is C24H25ClN4O3. The zero-order valence-electron chi connectivity index (χ0n) is 17.9. The summed E-state index contributed by atoms with van der Waals surface area (Å²) in [5.41, 5.74) is 2.70. The van der Waals surface area contributed by atoms with Crippen LogP contribution in [0.3, 0.4) is 0 Å². The normalized spacial score (nSPS) is 15.6. The molecule has 8 heteroatoms. The van der Waals surface area contributed by atoms with Crippen molar-refractivity contribution in [2.45, 2.75) is 45.2 Å². The second-order valence-corrected chi connectivity index (χ2v) is 8.46. The maximum Gasteiger partial charge on any atom is 0.354 e. The predicted molar refractivity (Wildman–Crippen MR) is 122 cm³/mol. The maximum atomic E-state index is 13.3. The summed E-state index contributed by atoms with van der Waals surface area (Å²) in [5.74, 6) is -1.22. The first kappa shape index (κ1) is 22.0. The van der Waals surface area contributed by atoms with Crippen molar-refractivity contribution >= 4 is 23.5 Å². The number of hydrogen-bond donors (Lipinski definition) is 1. The van der Waals surface area contributed by atoms with Gasteiger partial charge in [-0.1, -0.05) is 56.0 Å². The number of pyridine rings is 1. The van der Waals surface area contributed by atoms with E-state index in [1.165, 1.54) is 6.07 Å². The monoisotopic (exact) mass is 452 g/mol. The van der Waals surface area contributed by atoms with Gasteiger partial charge >= 0.3 is 5.97 Å². The minimum atomic E-state index is -1.08. The summed E-state index contributed by atoms with van der Waals surface area (Å²) in [4.78, 5) is 30.5. The lowest BCUT2D eigenvalue weighted by Gasteiger charge is -2.33. The van der Waals surface area contributed by atoms with E-state index >= 15 is 0 Å². The largest absolute Gasteiger partial charge is 0.477 e. The molecule has 166 valence electrons. The summed E-state index contributed by atoms with van der Waals surface area (Å²) in [6, 6.07) is 14.1. The second kappa shape index (κ2) is 9.53. The number of hydrogen-bond acceptors (Lipinski definition) is 4. The van der Waals surface area contributed by atoms with E-state index in [1.807, 2.05) is 35.0 Å².